The normalized spacial score (nSPS) is 13.9. The third-order valence-corrected chi connectivity index (χ3v) is 5.29. The Bertz CT molecular complexity index is 932. The summed E-state index contributed by atoms with van der Waals surface area (Å²) in [5, 5.41) is 4.82. The van der Waals surface area contributed by atoms with Crippen LogP contribution in [0.3, 0.4) is 0 Å². The van der Waals surface area contributed by atoms with Gasteiger partial charge in [-0.25, -0.2) is 4.98 Å². The summed E-state index contributed by atoms with van der Waals surface area (Å²) in [6, 6.07) is 11.5. The van der Waals surface area contributed by atoms with E-state index >= 15 is 0 Å². The van der Waals surface area contributed by atoms with Crippen molar-refractivity contribution < 1.29 is 14.0 Å². The number of anilines is 1. The Hall–Kier alpha value is -2.93. The summed E-state index contributed by atoms with van der Waals surface area (Å²) < 4.78 is 5.45. The van der Waals surface area contributed by atoms with Gasteiger partial charge in [0.25, 0.3) is 0 Å². The van der Waals surface area contributed by atoms with Crippen LogP contribution in [0.1, 0.15) is 24.1 Å². The number of carbonyl (C=O) groups excluding carboxylic acids is 2. The van der Waals surface area contributed by atoms with Crippen LogP contribution in [0.25, 0.3) is 10.8 Å². The van der Waals surface area contributed by atoms with Gasteiger partial charge in [-0.05, 0) is 35.6 Å². The number of benzene rings is 1. The zero-order chi connectivity index (χ0) is 18.6. The van der Waals surface area contributed by atoms with Gasteiger partial charge < -0.3 is 14.6 Å². The van der Waals surface area contributed by atoms with Crippen molar-refractivity contribution in [3.63, 3.8) is 0 Å². The molecule has 0 spiro atoms. The number of amides is 2. The fourth-order valence-corrected chi connectivity index (χ4v) is 3.71. The van der Waals surface area contributed by atoms with Crippen molar-refractivity contribution in [2.45, 2.75) is 25.8 Å². The summed E-state index contributed by atoms with van der Waals surface area (Å²) in [6.07, 6.45) is 3.36. The second kappa shape index (κ2) is 7.75. The van der Waals surface area contributed by atoms with E-state index in [1.807, 2.05) is 41.8 Å². The maximum atomic E-state index is 12.2. The number of rotatable bonds is 6. The summed E-state index contributed by atoms with van der Waals surface area (Å²) in [5.74, 6) is 0.650. The van der Waals surface area contributed by atoms with Crippen molar-refractivity contribution in [2.24, 2.45) is 0 Å². The van der Waals surface area contributed by atoms with Crippen LogP contribution in [-0.4, -0.2) is 23.3 Å². The molecule has 1 N–H and O–H groups in total. The Morgan fingerprint density at radius 2 is 2.11 bits per heavy atom. The topological polar surface area (TPSA) is 75.4 Å². The van der Waals surface area contributed by atoms with Crippen molar-refractivity contribution in [1.29, 1.82) is 0 Å². The quantitative estimate of drug-likeness (QED) is 0.710. The number of nitrogens with one attached hydrogen (secondary N) is 1. The number of nitrogens with zero attached hydrogens (tertiary/aromatic N) is 2. The van der Waals surface area contributed by atoms with Gasteiger partial charge >= 0.3 is 0 Å². The molecule has 1 saturated heterocycles. The number of aromatic nitrogens is 1. The summed E-state index contributed by atoms with van der Waals surface area (Å²) in [4.78, 5) is 31.1. The molecule has 2 aromatic heterocycles. The number of thiophene rings is 1. The van der Waals surface area contributed by atoms with Crippen LogP contribution in [0.5, 0.6) is 0 Å². The highest BCUT2D eigenvalue weighted by molar-refractivity contribution is 7.13. The molecule has 3 heterocycles. The molecule has 0 aliphatic carbocycles. The molecular weight excluding hydrogens is 362 g/mol. The van der Waals surface area contributed by atoms with Crippen LogP contribution in [0.4, 0.5) is 5.69 Å². The molecule has 0 atom stereocenters. The second-order valence-corrected chi connectivity index (χ2v) is 7.34. The third-order valence-electron chi connectivity index (χ3n) is 4.44. The summed E-state index contributed by atoms with van der Waals surface area (Å²) >= 11 is 1.56. The van der Waals surface area contributed by atoms with Crippen molar-refractivity contribution in [3.8, 4) is 10.8 Å². The van der Waals surface area contributed by atoms with E-state index in [0.717, 1.165) is 29.1 Å². The van der Waals surface area contributed by atoms with Gasteiger partial charge in [0.1, 0.15) is 6.26 Å². The number of carbonyl (C=O) groups is 2. The van der Waals surface area contributed by atoms with E-state index in [9.17, 15) is 9.59 Å². The molecule has 0 radical (unpaired) electrons. The van der Waals surface area contributed by atoms with Crippen LogP contribution >= 0.6 is 11.3 Å². The Labute approximate surface area is 160 Å². The first-order valence-electron chi connectivity index (χ1n) is 8.83. The summed E-state index contributed by atoms with van der Waals surface area (Å²) in [6.45, 7) is 1.10. The van der Waals surface area contributed by atoms with Gasteiger partial charge in [0.2, 0.25) is 17.7 Å². The van der Waals surface area contributed by atoms with Gasteiger partial charge in [0.05, 0.1) is 23.5 Å². The predicted molar refractivity (Wildman–Crippen MR) is 103 cm³/mol. The Morgan fingerprint density at radius 3 is 2.81 bits per heavy atom. The van der Waals surface area contributed by atoms with E-state index in [2.05, 4.69) is 10.3 Å². The standard InChI is InChI=1S/C20H19N3O3S/c24-18(21-12-15-13-26-20(22-15)17-3-2-10-27-17)11-14-5-7-16(8-6-14)23-9-1-4-19(23)25/h2-3,5-8,10,13H,1,4,9,11-12H2,(H,21,24). The lowest BCUT2D eigenvalue weighted by Crippen LogP contribution is -2.25. The average Bonchev–Trinajstić information content (AvgIpc) is 3.42. The van der Waals surface area contributed by atoms with E-state index in [4.69, 9.17) is 4.42 Å². The van der Waals surface area contributed by atoms with Crippen LogP contribution in [0, 0.1) is 0 Å². The minimum Gasteiger partial charge on any atom is -0.443 e. The third kappa shape index (κ3) is 4.09. The molecule has 2 amide bonds. The van der Waals surface area contributed by atoms with Crippen molar-refractivity contribution >= 4 is 28.8 Å². The molecular formula is C20H19N3O3S. The second-order valence-electron chi connectivity index (χ2n) is 6.39. The minimum atomic E-state index is -0.0827. The van der Waals surface area contributed by atoms with Gasteiger partial charge in [0.15, 0.2) is 0 Å². The average molecular weight is 381 g/mol. The number of hydrogen-bond acceptors (Lipinski definition) is 5. The Balaban J connectivity index is 1.30. The molecule has 0 saturated carbocycles. The van der Waals surface area contributed by atoms with Gasteiger partial charge in [-0.15, -0.1) is 11.3 Å². The molecule has 1 aromatic carbocycles. The first-order chi connectivity index (χ1) is 13.2. The molecule has 1 fully saturated rings. The fourth-order valence-electron chi connectivity index (χ4n) is 3.05. The van der Waals surface area contributed by atoms with Crippen LogP contribution < -0.4 is 10.2 Å². The largest absolute Gasteiger partial charge is 0.443 e. The molecule has 0 bridgehead atoms. The predicted octanol–water partition coefficient (Wildman–Crippen LogP) is 3.39. The molecule has 6 nitrogen and oxygen atoms in total. The van der Waals surface area contributed by atoms with Crippen molar-refractivity contribution in [3.05, 3.63) is 59.3 Å². The molecule has 138 valence electrons. The fraction of sp³-hybridized carbons (Fsp3) is 0.250. The van der Waals surface area contributed by atoms with Gasteiger partial charge in [-0.3, -0.25) is 9.59 Å². The highest BCUT2D eigenvalue weighted by atomic mass is 32.1. The smallest absolute Gasteiger partial charge is 0.236 e. The van der Waals surface area contributed by atoms with E-state index in [-0.39, 0.29) is 18.2 Å². The van der Waals surface area contributed by atoms with Gasteiger partial charge in [-0.1, -0.05) is 18.2 Å². The molecule has 7 heteroatoms. The summed E-state index contributed by atoms with van der Waals surface area (Å²) in [5.41, 5.74) is 2.49. The monoisotopic (exact) mass is 381 g/mol. The molecule has 0 unspecified atom stereocenters. The van der Waals surface area contributed by atoms with Crippen LogP contribution in [0.2, 0.25) is 0 Å². The minimum absolute atomic E-state index is 0.0827. The highest BCUT2D eigenvalue weighted by Crippen LogP contribution is 2.24. The first-order valence-corrected chi connectivity index (χ1v) is 9.71. The van der Waals surface area contributed by atoms with Crippen molar-refractivity contribution in [2.75, 3.05) is 11.4 Å². The van der Waals surface area contributed by atoms with Gasteiger partial charge in [-0.2, -0.15) is 0 Å². The van der Waals surface area contributed by atoms with Crippen LogP contribution in [0.15, 0.2) is 52.5 Å². The molecule has 4 rings (SSSR count). The molecule has 3 aromatic rings. The zero-order valence-corrected chi connectivity index (χ0v) is 15.5. The van der Waals surface area contributed by atoms with Crippen LogP contribution in [-0.2, 0) is 22.6 Å². The molecule has 27 heavy (non-hydrogen) atoms. The summed E-state index contributed by atoms with van der Waals surface area (Å²) in [7, 11) is 0. The maximum absolute atomic E-state index is 12.2. The number of hydrogen-bond donors (Lipinski definition) is 1. The zero-order valence-electron chi connectivity index (χ0n) is 14.7. The van der Waals surface area contributed by atoms with E-state index in [1.165, 1.54) is 0 Å². The molecule has 1 aliphatic rings. The SMILES string of the molecule is O=C(Cc1ccc(N2CCCC2=O)cc1)NCc1coc(-c2cccs2)n1. The van der Waals surface area contributed by atoms with E-state index in [1.54, 1.807) is 22.5 Å². The van der Waals surface area contributed by atoms with Crippen molar-refractivity contribution in [1.82, 2.24) is 10.3 Å². The lowest BCUT2D eigenvalue weighted by Gasteiger charge is -2.15. The lowest BCUT2D eigenvalue weighted by atomic mass is 10.1. The lowest BCUT2D eigenvalue weighted by molar-refractivity contribution is -0.120. The Morgan fingerprint density at radius 1 is 1.26 bits per heavy atom. The maximum Gasteiger partial charge on any atom is 0.236 e. The Kier molecular flexibility index (Phi) is 5.02. The highest BCUT2D eigenvalue weighted by Gasteiger charge is 2.21. The van der Waals surface area contributed by atoms with E-state index < -0.39 is 0 Å². The van der Waals surface area contributed by atoms with E-state index in [0.29, 0.717) is 24.6 Å². The van der Waals surface area contributed by atoms with Gasteiger partial charge in [0, 0.05) is 18.7 Å². The number of oxazole rings is 1. The first kappa shape index (κ1) is 17.5. The molecule has 1 aliphatic heterocycles.